The number of anilines is 1. The van der Waals surface area contributed by atoms with Crippen LogP contribution in [0.1, 0.15) is 34.4 Å². The van der Waals surface area contributed by atoms with Crippen molar-refractivity contribution in [3.05, 3.63) is 59.4 Å². The van der Waals surface area contributed by atoms with E-state index in [4.69, 9.17) is 0 Å². The summed E-state index contributed by atoms with van der Waals surface area (Å²) < 4.78 is 1.56. The Morgan fingerprint density at radius 2 is 1.76 bits per heavy atom. The van der Waals surface area contributed by atoms with E-state index in [2.05, 4.69) is 20.1 Å². The third-order valence-corrected chi connectivity index (χ3v) is 3.84. The second-order valence-corrected chi connectivity index (χ2v) is 5.78. The molecule has 3 heterocycles. The lowest BCUT2D eigenvalue weighted by molar-refractivity contribution is 0.0987. The number of amides is 1. The first-order valence-corrected chi connectivity index (χ1v) is 8.10. The second-order valence-electron chi connectivity index (χ2n) is 5.78. The Hall–Kier alpha value is -3.09. The molecule has 7 nitrogen and oxygen atoms in total. The molecule has 0 unspecified atom stereocenters. The van der Waals surface area contributed by atoms with E-state index in [1.807, 2.05) is 45.9 Å². The highest BCUT2D eigenvalue weighted by Crippen LogP contribution is 2.18. The summed E-state index contributed by atoms with van der Waals surface area (Å²) in [5.74, 6) is 0.355. The van der Waals surface area contributed by atoms with Crippen LogP contribution >= 0.6 is 0 Å². The zero-order valence-corrected chi connectivity index (χ0v) is 14.8. The van der Waals surface area contributed by atoms with Gasteiger partial charge in [0, 0.05) is 42.2 Å². The molecule has 0 aromatic carbocycles. The number of carbonyl (C=O) groups is 1. The largest absolute Gasteiger partial charge is 0.308 e. The summed E-state index contributed by atoms with van der Waals surface area (Å²) in [5.41, 5.74) is 3.69. The van der Waals surface area contributed by atoms with E-state index >= 15 is 0 Å². The lowest BCUT2D eigenvalue weighted by Gasteiger charge is -2.20. The number of hydrogen-bond donors (Lipinski definition) is 0. The average Bonchev–Trinajstić information content (AvgIpc) is 2.97. The third-order valence-electron chi connectivity index (χ3n) is 3.84. The van der Waals surface area contributed by atoms with Gasteiger partial charge in [-0.1, -0.05) is 0 Å². The van der Waals surface area contributed by atoms with Crippen molar-refractivity contribution in [3.63, 3.8) is 0 Å². The van der Waals surface area contributed by atoms with Crippen LogP contribution in [-0.4, -0.2) is 37.2 Å². The summed E-state index contributed by atoms with van der Waals surface area (Å²) in [6.45, 7) is 8.11. The maximum Gasteiger partial charge on any atom is 0.261 e. The normalized spacial score (nSPS) is 10.7. The second kappa shape index (κ2) is 6.80. The standard InChI is InChI=1S/C18H20N6O/c1-5-23(15-6-8-19-9-7-15)17(25)16-11-24(22-14(16)4)18-20-12(2)10-13(3)21-18/h6-11H,5H2,1-4H3. The molecule has 0 atom stereocenters. The molecule has 0 aliphatic heterocycles. The van der Waals surface area contributed by atoms with E-state index in [9.17, 15) is 4.79 Å². The van der Waals surface area contributed by atoms with E-state index < -0.39 is 0 Å². The number of pyridine rings is 1. The molecule has 128 valence electrons. The van der Waals surface area contributed by atoms with E-state index in [-0.39, 0.29) is 5.91 Å². The van der Waals surface area contributed by atoms with Crippen LogP contribution in [0.2, 0.25) is 0 Å². The average molecular weight is 336 g/mol. The van der Waals surface area contributed by atoms with Crippen molar-refractivity contribution in [2.75, 3.05) is 11.4 Å². The van der Waals surface area contributed by atoms with Crippen LogP contribution in [0.3, 0.4) is 0 Å². The zero-order chi connectivity index (χ0) is 18.0. The first-order chi connectivity index (χ1) is 12.0. The number of carbonyl (C=O) groups excluding carboxylic acids is 1. The fourth-order valence-corrected chi connectivity index (χ4v) is 2.70. The van der Waals surface area contributed by atoms with Gasteiger partial charge in [-0.15, -0.1) is 0 Å². The van der Waals surface area contributed by atoms with Gasteiger partial charge in [0.2, 0.25) is 0 Å². The lowest BCUT2D eigenvalue weighted by atomic mass is 10.2. The van der Waals surface area contributed by atoms with Crippen molar-refractivity contribution in [2.24, 2.45) is 0 Å². The van der Waals surface area contributed by atoms with Crippen LogP contribution in [0.25, 0.3) is 5.95 Å². The molecule has 0 N–H and O–H groups in total. The third kappa shape index (κ3) is 3.40. The van der Waals surface area contributed by atoms with Crippen LogP contribution in [0, 0.1) is 20.8 Å². The summed E-state index contributed by atoms with van der Waals surface area (Å²) in [7, 11) is 0. The minimum absolute atomic E-state index is 0.109. The van der Waals surface area contributed by atoms with E-state index in [0.29, 0.717) is 23.8 Å². The molecule has 7 heteroatoms. The molecule has 0 radical (unpaired) electrons. The van der Waals surface area contributed by atoms with Gasteiger partial charge in [0.05, 0.1) is 11.3 Å². The maximum atomic E-state index is 13.0. The first kappa shape index (κ1) is 16.8. The summed E-state index contributed by atoms with van der Waals surface area (Å²) in [4.78, 5) is 27.5. The molecular formula is C18H20N6O. The van der Waals surface area contributed by atoms with Crippen LogP contribution in [0.4, 0.5) is 5.69 Å². The summed E-state index contributed by atoms with van der Waals surface area (Å²) in [5, 5.41) is 4.43. The fourth-order valence-electron chi connectivity index (χ4n) is 2.70. The van der Waals surface area contributed by atoms with Gasteiger partial charge in [0.1, 0.15) is 0 Å². The minimum atomic E-state index is -0.109. The molecule has 3 aromatic rings. The van der Waals surface area contributed by atoms with Gasteiger partial charge >= 0.3 is 0 Å². The highest BCUT2D eigenvalue weighted by atomic mass is 16.2. The molecule has 0 saturated carbocycles. The highest BCUT2D eigenvalue weighted by Gasteiger charge is 2.21. The number of aromatic nitrogens is 5. The predicted octanol–water partition coefficient (Wildman–Crippen LogP) is 2.65. The molecule has 0 aliphatic carbocycles. The Balaban J connectivity index is 1.98. The highest BCUT2D eigenvalue weighted by molar-refractivity contribution is 6.06. The van der Waals surface area contributed by atoms with E-state index in [1.54, 1.807) is 28.2 Å². The summed E-state index contributed by atoms with van der Waals surface area (Å²) in [6, 6.07) is 5.52. The van der Waals surface area contributed by atoms with Crippen LogP contribution in [-0.2, 0) is 0 Å². The zero-order valence-electron chi connectivity index (χ0n) is 14.8. The van der Waals surface area contributed by atoms with Crippen molar-refractivity contribution in [1.82, 2.24) is 24.7 Å². The quantitative estimate of drug-likeness (QED) is 0.732. The molecule has 0 aliphatic rings. The predicted molar refractivity (Wildman–Crippen MR) is 95.0 cm³/mol. The number of nitrogens with zero attached hydrogens (tertiary/aromatic N) is 6. The molecule has 1 amide bonds. The topological polar surface area (TPSA) is 76.8 Å². The van der Waals surface area contributed by atoms with Gasteiger partial charge in [-0.3, -0.25) is 9.78 Å². The van der Waals surface area contributed by atoms with Gasteiger partial charge in [-0.2, -0.15) is 5.10 Å². The van der Waals surface area contributed by atoms with Crippen molar-refractivity contribution >= 4 is 11.6 Å². The van der Waals surface area contributed by atoms with Crippen LogP contribution < -0.4 is 4.90 Å². The molecule has 0 fully saturated rings. The Morgan fingerprint density at radius 1 is 1.12 bits per heavy atom. The summed E-state index contributed by atoms with van der Waals surface area (Å²) in [6.07, 6.45) is 5.03. The van der Waals surface area contributed by atoms with Gasteiger partial charge in [0.15, 0.2) is 0 Å². The van der Waals surface area contributed by atoms with E-state index in [0.717, 1.165) is 17.1 Å². The van der Waals surface area contributed by atoms with Crippen molar-refractivity contribution < 1.29 is 4.79 Å². The molecule has 0 saturated heterocycles. The minimum Gasteiger partial charge on any atom is -0.308 e. The number of rotatable bonds is 4. The molecule has 3 rings (SSSR count). The lowest BCUT2D eigenvalue weighted by Crippen LogP contribution is -2.30. The smallest absolute Gasteiger partial charge is 0.261 e. The molecular weight excluding hydrogens is 316 g/mol. The van der Waals surface area contributed by atoms with Crippen molar-refractivity contribution in [3.8, 4) is 5.95 Å². The van der Waals surface area contributed by atoms with E-state index in [1.165, 1.54) is 0 Å². The Bertz CT molecular complexity index is 883. The maximum absolute atomic E-state index is 13.0. The fraction of sp³-hybridized carbons (Fsp3) is 0.278. The monoisotopic (exact) mass is 336 g/mol. The first-order valence-electron chi connectivity index (χ1n) is 8.10. The SMILES string of the molecule is CCN(C(=O)c1cn(-c2nc(C)cc(C)n2)nc1C)c1ccncc1. The van der Waals surface area contributed by atoms with Crippen molar-refractivity contribution in [1.29, 1.82) is 0 Å². The number of hydrogen-bond acceptors (Lipinski definition) is 5. The summed E-state index contributed by atoms with van der Waals surface area (Å²) >= 11 is 0. The van der Waals surface area contributed by atoms with Gasteiger partial charge in [-0.25, -0.2) is 14.6 Å². The Kier molecular flexibility index (Phi) is 4.56. The molecule has 3 aromatic heterocycles. The molecule has 25 heavy (non-hydrogen) atoms. The van der Waals surface area contributed by atoms with Gasteiger partial charge in [-0.05, 0) is 45.9 Å². The molecule has 0 bridgehead atoms. The van der Waals surface area contributed by atoms with Crippen LogP contribution in [0.15, 0.2) is 36.8 Å². The Morgan fingerprint density at radius 3 is 2.36 bits per heavy atom. The van der Waals surface area contributed by atoms with Crippen molar-refractivity contribution in [2.45, 2.75) is 27.7 Å². The Labute approximate surface area is 146 Å². The molecule has 0 spiro atoms. The number of aryl methyl sites for hydroxylation is 3. The van der Waals surface area contributed by atoms with Gasteiger partial charge < -0.3 is 4.90 Å². The van der Waals surface area contributed by atoms with Gasteiger partial charge in [0.25, 0.3) is 11.9 Å². The van der Waals surface area contributed by atoms with Crippen LogP contribution in [0.5, 0.6) is 0 Å².